The Bertz CT molecular complexity index is 367. The van der Waals surface area contributed by atoms with E-state index in [0.29, 0.717) is 18.0 Å². The van der Waals surface area contributed by atoms with Gasteiger partial charge in [0.25, 0.3) is 0 Å². The third kappa shape index (κ3) is 3.54. The number of aromatic nitrogens is 1. The van der Waals surface area contributed by atoms with Crippen molar-refractivity contribution in [1.29, 1.82) is 0 Å². The topological polar surface area (TPSA) is 42.2 Å². The van der Waals surface area contributed by atoms with Crippen molar-refractivity contribution >= 4 is 0 Å². The second kappa shape index (κ2) is 6.49. The molecule has 1 heterocycles. The maximum atomic E-state index is 6.43. The van der Waals surface area contributed by atoms with Crippen LogP contribution in [0.2, 0.25) is 0 Å². The van der Waals surface area contributed by atoms with Crippen molar-refractivity contribution in [3.8, 4) is 0 Å². The van der Waals surface area contributed by atoms with E-state index < -0.39 is 0 Å². The van der Waals surface area contributed by atoms with Crippen LogP contribution in [0, 0.1) is 11.8 Å². The van der Waals surface area contributed by atoms with Gasteiger partial charge in [0, 0.05) is 24.8 Å². The van der Waals surface area contributed by atoms with E-state index in [0.717, 1.165) is 31.1 Å². The lowest BCUT2D eigenvalue weighted by Gasteiger charge is -2.44. The van der Waals surface area contributed by atoms with Crippen LogP contribution in [-0.2, 0) is 6.54 Å². The van der Waals surface area contributed by atoms with Crippen LogP contribution in [0.4, 0.5) is 0 Å². The van der Waals surface area contributed by atoms with Crippen LogP contribution in [0.15, 0.2) is 24.4 Å². The largest absolute Gasteiger partial charge is 0.326 e. The molecular formula is C16H27N3. The van der Waals surface area contributed by atoms with Crippen LogP contribution in [0.1, 0.15) is 39.3 Å². The van der Waals surface area contributed by atoms with E-state index in [-0.39, 0.29) is 0 Å². The van der Waals surface area contributed by atoms with E-state index in [4.69, 9.17) is 5.73 Å². The average molecular weight is 261 g/mol. The monoisotopic (exact) mass is 261 g/mol. The lowest BCUT2D eigenvalue weighted by molar-refractivity contribution is 0.0726. The number of rotatable bonds is 4. The molecule has 1 fully saturated rings. The molecule has 0 amide bonds. The summed E-state index contributed by atoms with van der Waals surface area (Å²) in [6, 6.07) is 6.91. The predicted molar refractivity (Wildman–Crippen MR) is 79.6 cm³/mol. The minimum absolute atomic E-state index is 0.294. The highest BCUT2D eigenvalue weighted by Crippen LogP contribution is 2.31. The van der Waals surface area contributed by atoms with Gasteiger partial charge in [-0.05, 0) is 43.4 Å². The molecule has 0 radical (unpaired) electrons. The molecule has 2 rings (SSSR count). The molecule has 0 spiro atoms. The fourth-order valence-electron chi connectivity index (χ4n) is 3.65. The second-order valence-corrected chi connectivity index (χ2v) is 6.09. The number of hydrogen-bond acceptors (Lipinski definition) is 3. The van der Waals surface area contributed by atoms with Gasteiger partial charge in [-0.25, -0.2) is 0 Å². The van der Waals surface area contributed by atoms with Crippen LogP contribution >= 0.6 is 0 Å². The Hall–Kier alpha value is -0.930. The number of pyridine rings is 1. The van der Waals surface area contributed by atoms with E-state index >= 15 is 0 Å². The number of nitrogens with two attached hydrogens (primary N) is 1. The molecule has 1 aromatic heterocycles. The molecule has 0 bridgehead atoms. The highest BCUT2D eigenvalue weighted by Gasteiger charge is 2.35. The first kappa shape index (κ1) is 14.5. The standard InChI is InChI=1S/C16H27N3/c1-4-19(11-14-7-5-6-8-18-14)16-13(3)9-12(2)10-15(16)17/h5-8,12-13,15-16H,4,9-11,17H2,1-3H3. The highest BCUT2D eigenvalue weighted by atomic mass is 15.2. The smallest absolute Gasteiger partial charge is 0.0544 e. The summed E-state index contributed by atoms with van der Waals surface area (Å²) in [5.41, 5.74) is 7.57. The van der Waals surface area contributed by atoms with Crippen molar-refractivity contribution in [1.82, 2.24) is 9.88 Å². The number of nitrogens with zero attached hydrogens (tertiary/aromatic N) is 2. The van der Waals surface area contributed by atoms with Crippen molar-refractivity contribution in [3.05, 3.63) is 30.1 Å². The van der Waals surface area contributed by atoms with Gasteiger partial charge < -0.3 is 5.73 Å². The summed E-state index contributed by atoms with van der Waals surface area (Å²) in [6.45, 7) is 8.84. The summed E-state index contributed by atoms with van der Waals surface area (Å²) in [7, 11) is 0. The van der Waals surface area contributed by atoms with Gasteiger partial charge >= 0.3 is 0 Å². The fraction of sp³-hybridized carbons (Fsp3) is 0.688. The van der Waals surface area contributed by atoms with Crippen molar-refractivity contribution < 1.29 is 0 Å². The van der Waals surface area contributed by atoms with E-state index in [1.807, 2.05) is 12.3 Å². The minimum atomic E-state index is 0.294. The molecule has 4 unspecified atom stereocenters. The van der Waals surface area contributed by atoms with Gasteiger partial charge in [0.15, 0.2) is 0 Å². The van der Waals surface area contributed by atoms with Gasteiger partial charge in [-0.2, -0.15) is 0 Å². The average Bonchev–Trinajstić information content (AvgIpc) is 2.37. The highest BCUT2D eigenvalue weighted by molar-refractivity contribution is 5.04. The molecule has 0 aromatic carbocycles. The summed E-state index contributed by atoms with van der Waals surface area (Å²) in [5, 5.41) is 0. The first-order chi connectivity index (χ1) is 9.11. The molecule has 2 N–H and O–H groups in total. The quantitative estimate of drug-likeness (QED) is 0.906. The fourth-order valence-corrected chi connectivity index (χ4v) is 3.65. The third-order valence-electron chi connectivity index (χ3n) is 4.39. The molecule has 4 atom stereocenters. The van der Waals surface area contributed by atoms with Crippen molar-refractivity contribution in [2.24, 2.45) is 17.6 Å². The van der Waals surface area contributed by atoms with Gasteiger partial charge in [0.05, 0.1) is 5.69 Å². The van der Waals surface area contributed by atoms with Crippen LogP contribution in [0.25, 0.3) is 0 Å². The van der Waals surface area contributed by atoms with E-state index in [2.05, 4.69) is 42.8 Å². The molecule has 19 heavy (non-hydrogen) atoms. The Morgan fingerprint density at radius 1 is 1.32 bits per heavy atom. The molecule has 0 aliphatic heterocycles. The molecule has 1 aromatic rings. The number of likely N-dealkylation sites (N-methyl/N-ethyl adjacent to an activating group) is 1. The summed E-state index contributed by atoms with van der Waals surface area (Å²) < 4.78 is 0. The molecule has 3 nitrogen and oxygen atoms in total. The Kier molecular flexibility index (Phi) is 4.94. The number of hydrogen-bond donors (Lipinski definition) is 1. The van der Waals surface area contributed by atoms with E-state index in [1.165, 1.54) is 6.42 Å². The zero-order valence-electron chi connectivity index (χ0n) is 12.4. The molecular weight excluding hydrogens is 234 g/mol. The van der Waals surface area contributed by atoms with Gasteiger partial charge in [-0.3, -0.25) is 9.88 Å². The van der Waals surface area contributed by atoms with Gasteiger partial charge in [-0.1, -0.05) is 26.8 Å². The lowest BCUT2D eigenvalue weighted by Crippen LogP contribution is -2.54. The lowest BCUT2D eigenvalue weighted by atomic mass is 9.76. The van der Waals surface area contributed by atoms with Gasteiger partial charge in [0.1, 0.15) is 0 Å². The summed E-state index contributed by atoms with van der Waals surface area (Å²) in [6.07, 6.45) is 4.31. The van der Waals surface area contributed by atoms with Crippen LogP contribution in [0.3, 0.4) is 0 Å². The Morgan fingerprint density at radius 2 is 2.11 bits per heavy atom. The first-order valence-corrected chi connectivity index (χ1v) is 7.51. The van der Waals surface area contributed by atoms with Crippen molar-refractivity contribution in [2.45, 2.75) is 52.2 Å². The van der Waals surface area contributed by atoms with E-state index in [9.17, 15) is 0 Å². The van der Waals surface area contributed by atoms with Crippen LogP contribution in [-0.4, -0.2) is 28.5 Å². The minimum Gasteiger partial charge on any atom is -0.326 e. The van der Waals surface area contributed by atoms with Gasteiger partial charge in [0.2, 0.25) is 0 Å². The van der Waals surface area contributed by atoms with E-state index in [1.54, 1.807) is 0 Å². The molecule has 0 saturated heterocycles. The summed E-state index contributed by atoms with van der Waals surface area (Å²) in [5.74, 6) is 1.43. The second-order valence-electron chi connectivity index (χ2n) is 6.09. The molecule has 1 saturated carbocycles. The predicted octanol–water partition coefficient (Wildman–Crippen LogP) is 2.67. The zero-order valence-corrected chi connectivity index (χ0v) is 12.4. The third-order valence-corrected chi connectivity index (χ3v) is 4.39. The molecule has 1 aliphatic carbocycles. The molecule has 106 valence electrons. The van der Waals surface area contributed by atoms with Crippen molar-refractivity contribution in [2.75, 3.05) is 6.54 Å². The molecule has 1 aliphatic rings. The normalized spacial score (nSPS) is 31.6. The maximum Gasteiger partial charge on any atom is 0.0544 e. The SMILES string of the molecule is CCN(Cc1ccccn1)C1C(C)CC(C)CC1N. The maximum absolute atomic E-state index is 6.43. The summed E-state index contributed by atoms with van der Waals surface area (Å²) in [4.78, 5) is 6.95. The zero-order chi connectivity index (χ0) is 13.8. The van der Waals surface area contributed by atoms with Crippen molar-refractivity contribution in [3.63, 3.8) is 0 Å². The van der Waals surface area contributed by atoms with Crippen LogP contribution < -0.4 is 5.73 Å². The first-order valence-electron chi connectivity index (χ1n) is 7.51. The van der Waals surface area contributed by atoms with Crippen LogP contribution in [0.5, 0.6) is 0 Å². The Balaban J connectivity index is 2.08. The Morgan fingerprint density at radius 3 is 2.68 bits per heavy atom. The van der Waals surface area contributed by atoms with Gasteiger partial charge in [-0.15, -0.1) is 0 Å². The molecule has 3 heteroatoms. The Labute approximate surface area is 117 Å². The summed E-state index contributed by atoms with van der Waals surface area (Å²) >= 11 is 0.